The Kier molecular flexibility index (Phi) is 7.66. The van der Waals surface area contributed by atoms with Gasteiger partial charge in [-0.3, -0.25) is 9.89 Å². The number of hydrogen-bond donors (Lipinski definition) is 2. The number of guanidine groups is 1. The van der Waals surface area contributed by atoms with Crippen LogP contribution in [0.3, 0.4) is 0 Å². The Hall–Kier alpha value is -1.39. The van der Waals surface area contributed by atoms with Crippen molar-refractivity contribution in [3.63, 3.8) is 0 Å². The molecule has 1 aromatic rings. The highest BCUT2D eigenvalue weighted by atomic mass is 32.1. The van der Waals surface area contributed by atoms with Gasteiger partial charge in [0.2, 0.25) is 0 Å². The van der Waals surface area contributed by atoms with Crippen molar-refractivity contribution in [2.75, 3.05) is 53.4 Å². The van der Waals surface area contributed by atoms with E-state index in [1.54, 1.807) is 7.05 Å². The Morgan fingerprint density at radius 2 is 2.00 bits per heavy atom. The lowest BCUT2D eigenvalue weighted by Crippen LogP contribution is -2.52. The lowest BCUT2D eigenvalue weighted by Gasteiger charge is -2.36. The van der Waals surface area contributed by atoms with Crippen molar-refractivity contribution in [2.24, 2.45) is 4.99 Å². The number of thiazole rings is 1. The number of hydrogen-bond acceptors (Lipinski definition) is 5. The van der Waals surface area contributed by atoms with E-state index in [0.29, 0.717) is 30.0 Å². The summed E-state index contributed by atoms with van der Waals surface area (Å²) in [5.74, 6) is 0.651. The molecule has 2 heterocycles. The Labute approximate surface area is 156 Å². The van der Waals surface area contributed by atoms with Crippen LogP contribution in [0.25, 0.3) is 0 Å². The molecule has 0 spiro atoms. The highest BCUT2D eigenvalue weighted by Crippen LogP contribution is 2.29. The van der Waals surface area contributed by atoms with Crippen LogP contribution in [0.5, 0.6) is 0 Å². The van der Waals surface area contributed by atoms with Crippen LogP contribution in [-0.2, 0) is 12.6 Å². The van der Waals surface area contributed by atoms with Crippen molar-refractivity contribution in [1.82, 2.24) is 25.4 Å². The van der Waals surface area contributed by atoms with E-state index >= 15 is 0 Å². The largest absolute Gasteiger partial charge is 0.434 e. The van der Waals surface area contributed by atoms with Gasteiger partial charge in [-0.15, -0.1) is 11.3 Å². The number of likely N-dealkylation sites (N-methyl/N-ethyl adjacent to an activating group) is 1. The van der Waals surface area contributed by atoms with Gasteiger partial charge in [0.25, 0.3) is 0 Å². The van der Waals surface area contributed by atoms with Crippen LogP contribution in [-0.4, -0.2) is 80.1 Å². The fraction of sp³-hybridized carbons (Fsp3) is 0.750. The van der Waals surface area contributed by atoms with Gasteiger partial charge in [0.15, 0.2) is 11.7 Å². The minimum Gasteiger partial charge on any atom is -0.356 e. The summed E-state index contributed by atoms with van der Waals surface area (Å²) in [7, 11) is 3.81. The van der Waals surface area contributed by atoms with Crippen LogP contribution < -0.4 is 10.6 Å². The minimum atomic E-state index is -4.38. The maximum atomic E-state index is 12.5. The fourth-order valence-corrected chi connectivity index (χ4v) is 3.51. The third kappa shape index (κ3) is 6.40. The molecule has 0 bridgehead atoms. The van der Waals surface area contributed by atoms with Gasteiger partial charge in [0.05, 0.1) is 5.01 Å². The van der Waals surface area contributed by atoms with E-state index in [9.17, 15) is 13.2 Å². The zero-order chi connectivity index (χ0) is 19.2. The maximum Gasteiger partial charge on any atom is 0.434 e. The highest BCUT2D eigenvalue weighted by molar-refractivity contribution is 7.09. The second-order valence-electron chi connectivity index (χ2n) is 6.44. The molecular weight excluding hydrogens is 365 g/mol. The zero-order valence-electron chi connectivity index (χ0n) is 15.4. The third-order valence-electron chi connectivity index (χ3n) is 4.42. The van der Waals surface area contributed by atoms with Crippen molar-refractivity contribution in [3.05, 3.63) is 16.1 Å². The molecule has 1 saturated heterocycles. The van der Waals surface area contributed by atoms with E-state index in [4.69, 9.17) is 0 Å². The molecule has 0 amide bonds. The van der Waals surface area contributed by atoms with Gasteiger partial charge in [0.1, 0.15) is 0 Å². The molecular formula is C16H27F3N6S. The summed E-state index contributed by atoms with van der Waals surface area (Å²) in [6.45, 7) is 7.68. The Balaban J connectivity index is 1.70. The van der Waals surface area contributed by atoms with Gasteiger partial charge in [-0.25, -0.2) is 4.98 Å². The second-order valence-corrected chi connectivity index (χ2v) is 7.39. The summed E-state index contributed by atoms with van der Waals surface area (Å²) in [4.78, 5) is 12.6. The summed E-state index contributed by atoms with van der Waals surface area (Å²) >= 11 is 1.03. The molecule has 1 aromatic heterocycles. The topological polar surface area (TPSA) is 55.8 Å². The molecule has 0 aliphatic carbocycles. The number of nitrogens with one attached hydrogen (secondary N) is 2. The summed E-state index contributed by atoms with van der Waals surface area (Å²) in [6, 6.07) is 0.385. The van der Waals surface area contributed by atoms with Crippen molar-refractivity contribution >= 4 is 17.3 Å². The molecule has 0 radical (unpaired) electrons. The van der Waals surface area contributed by atoms with E-state index in [1.165, 1.54) is 0 Å². The standard InChI is InChI=1S/C16H27F3N6S/c1-12(25-8-6-24(3)7-9-25)10-22-15(20-2)21-5-4-14-23-13(11-26-14)16(17,18)19/h11-12H,4-10H2,1-3H3,(H2,20,21,22). The van der Waals surface area contributed by atoms with Crippen LogP contribution in [0.1, 0.15) is 17.6 Å². The minimum absolute atomic E-state index is 0.385. The lowest BCUT2D eigenvalue weighted by molar-refractivity contribution is -0.140. The molecule has 0 saturated carbocycles. The number of nitrogens with zero attached hydrogens (tertiary/aromatic N) is 4. The molecule has 10 heteroatoms. The van der Waals surface area contributed by atoms with Crippen LogP contribution in [0.15, 0.2) is 10.4 Å². The Morgan fingerprint density at radius 3 is 2.58 bits per heavy atom. The molecule has 1 aliphatic heterocycles. The van der Waals surface area contributed by atoms with Crippen molar-refractivity contribution < 1.29 is 13.2 Å². The van der Waals surface area contributed by atoms with Crippen LogP contribution in [0.4, 0.5) is 13.2 Å². The quantitative estimate of drug-likeness (QED) is 0.568. The van der Waals surface area contributed by atoms with Gasteiger partial charge in [0, 0.05) is 64.2 Å². The smallest absolute Gasteiger partial charge is 0.356 e. The van der Waals surface area contributed by atoms with Crippen LogP contribution >= 0.6 is 11.3 Å². The molecule has 26 heavy (non-hydrogen) atoms. The Bertz CT molecular complexity index is 581. The molecule has 1 aliphatic rings. The molecule has 2 N–H and O–H groups in total. The van der Waals surface area contributed by atoms with Crippen molar-refractivity contribution in [2.45, 2.75) is 25.6 Å². The van der Waals surface area contributed by atoms with Gasteiger partial charge in [-0.05, 0) is 14.0 Å². The summed E-state index contributed by atoms with van der Waals surface area (Å²) in [5, 5.41) is 7.93. The van der Waals surface area contributed by atoms with Gasteiger partial charge >= 0.3 is 6.18 Å². The number of aromatic nitrogens is 1. The average molecular weight is 392 g/mol. The summed E-state index contributed by atoms with van der Waals surface area (Å²) in [5.41, 5.74) is -0.819. The predicted molar refractivity (Wildman–Crippen MR) is 98.7 cm³/mol. The second kappa shape index (κ2) is 9.52. The van der Waals surface area contributed by atoms with Crippen molar-refractivity contribution in [3.8, 4) is 0 Å². The molecule has 1 fully saturated rings. The fourth-order valence-electron chi connectivity index (χ4n) is 2.70. The van der Waals surface area contributed by atoms with E-state index in [-0.39, 0.29) is 0 Å². The first-order valence-electron chi connectivity index (χ1n) is 8.68. The van der Waals surface area contributed by atoms with E-state index < -0.39 is 11.9 Å². The summed E-state index contributed by atoms with van der Waals surface area (Å²) in [6.07, 6.45) is -3.95. The third-order valence-corrected chi connectivity index (χ3v) is 5.33. The SMILES string of the molecule is CN=C(NCCc1nc(C(F)(F)F)cs1)NCC(C)N1CCN(C)CC1. The molecule has 6 nitrogen and oxygen atoms in total. The van der Waals surface area contributed by atoms with Crippen LogP contribution in [0, 0.1) is 0 Å². The van der Waals surface area contributed by atoms with E-state index in [2.05, 4.69) is 44.4 Å². The lowest BCUT2D eigenvalue weighted by atomic mass is 10.2. The normalized spacial score (nSPS) is 18.8. The predicted octanol–water partition coefficient (Wildman–Crippen LogP) is 1.51. The zero-order valence-corrected chi connectivity index (χ0v) is 16.3. The maximum absolute atomic E-state index is 12.5. The highest BCUT2D eigenvalue weighted by Gasteiger charge is 2.33. The molecule has 2 rings (SSSR count). The summed E-state index contributed by atoms with van der Waals surface area (Å²) < 4.78 is 37.6. The Morgan fingerprint density at radius 1 is 1.31 bits per heavy atom. The average Bonchev–Trinajstić information content (AvgIpc) is 3.07. The van der Waals surface area contributed by atoms with Crippen molar-refractivity contribution in [1.29, 1.82) is 0 Å². The first-order valence-corrected chi connectivity index (χ1v) is 9.56. The van der Waals surface area contributed by atoms with Gasteiger partial charge in [-0.1, -0.05) is 0 Å². The number of halogens is 3. The van der Waals surface area contributed by atoms with E-state index in [0.717, 1.165) is 49.4 Å². The molecule has 1 atom stereocenters. The van der Waals surface area contributed by atoms with Gasteiger partial charge in [-0.2, -0.15) is 13.2 Å². The number of aliphatic imine (C=N–C) groups is 1. The van der Waals surface area contributed by atoms with E-state index in [1.807, 2.05) is 0 Å². The number of rotatable bonds is 6. The van der Waals surface area contributed by atoms with Gasteiger partial charge < -0.3 is 15.5 Å². The number of piperazine rings is 1. The first-order chi connectivity index (χ1) is 12.3. The van der Waals surface area contributed by atoms with Crippen LogP contribution in [0.2, 0.25) is 0 Å². The number of alkyl halides is 3. The monoisotopic (exact) mass is 392 g/mol. The molecule has 148 valence electrons. The first kappa shape index (κ1) is 20.9. The molecule has 1 unspecified atom stereocenters. The molecule has 0 aromatic carbocycles.